The molecule has 1 atom stereocenters. The maximum Gasteiger partial charge on any atom is 0.310 e. The third-order valence-electron chi connectivity index (χ3n) is 3.00. The lowest BCUT2D eigenvalue weighted by atomic mass is 9.97. The summed E-state index contributed by atoms with van der Waals surface area (Å²) in [5.74, 6) is -2.16. The molecule has 0 bridgehead atoms. The highest BCUT2D eigenvalue weighted by molar-refractivity contribution is 6.30. The number of carboxylic acid groups (broad SMARTS) is 1. The molecule has 0 aliphatic heterocycles. The number of carbonyl (C=O) groups is 1. The zero-order chi connectivity index (χ0) is 14.0. The summed E-state index contributed by atoms with van der Waals surface area (Å²) < 4.78 is 14.1. The van der Waals surface area contributed by atoms with Crippen molar-refractivity contribution in [2.24, 2.45) is 0 Å². The summed E-state index contributed by atoms with van der Waals surface area (Å²) in [5.41, 5.74) is 1.51. The van der Waals surface area contributed by atoms with Gasteiger partial charge in [0.1, 0.15) is 5.82 Å². The zero-order valence-corrected chi connectivity index (χ0v) is 11.0. The minimum Gasteiger partial charge on any atom is -0.481 e. The molecule has 4 heteroatoms. The molecule has 0 aromatic heterocycles. The van der Waals surface area contributed by atoms with Crippen LogP contribution in [0.2, 0.25) is 5.02 Å². The van der Waals surface area contributed by atoms with Gasteiger partial charge in [-0.3, -0.25) is 4.79 Å². The van der Waals surface area contributed by atoms with Gasteiger partial charge in [0, 0.05) is 10.6 Å². The highest BCUT2D eigenvalue weighted by Gasteiger charge is 2.16. The first-order valence-corrected chi connectivity index (χ1v) is 6.15. The first-order valence-electron chi connectivity index (χ1n) is 5.77. The molecule has 19 heavy (non-hydrogen) atoms. The molecular weight excluding hydrogens is 267 g/mol. The normalized spacial score (nSPS) is 12.2. The van der Waals surface area contributed by atoms with Gasteiger partial charge in [0.15, 0.2) is 0 Å². The molecule has 98 valence electrons. The lowest BCUT2D eigenvalue weighted by Gasteiger charge is -2.09. The number of aliphatic carboxylic acids is 1. The van der Waals surface area contributed by atoms with E-state index in [1.54, 1.807) is 36.4 Å². The molecule has 0 saturated heterocycles. The van der Waals surface area contributed by atoms with Crippen molar-refractivity contribution in [2.45, 2.75) is 12.8 Å². The predicted octanol–water partition coefficient (Wildman–Crippen LogP) is 4.33. The Hall–Kier alpha value is -1.87. The molecule has 0 amide bonds. The molecule has 2 rings (SSSR count). The molecule has 0 saturated carbocycles. The molecule has 0 spiro atoms. The zero-order valence-electron chi connectivity index (χ0n) is 10.2. The van der Waals surface area contributed by atoms with Gasteiger partial charge in [0.25, 0.3) is 0 Å². The number of rotatable bonds is 3. The summed E-state index contributed by atoms with van der Waals surface area (Å²) in [7, 11) is 0. The summed E-state index contributed by atoms with van der Waals surface area (Å²) in [6.07, 6.45) is 0. The van der Waals surface area contributed by atoms with Crippen LogP contribution < -0.4 is 0 Å². The maximum atomic E-state index is 14.1. The van der Waals surface area contributed by atoms with Crippen molar-refractivity contribution in [3.63, 3.8) is 0 Å². The van der Waals surface area contributed by atoms with Gasteiger partial charge in [0.05, 0.1) is 5.92 Å². The van der Waals surface area contributed by atoms with Crippen molar-refractivity contribution in [2.75, 3.05) is 0 Å². The molecule has 0 radical (unpaired) electrons. The third kappa shape index (κ3) is 2.93. The van der Waals surface area contributed by atoms with Crippen molar-refractivity contribution in [3.05, 3.63) is 58.9 Å². The van der Waals surface area contributed by atoms with Crippen LogP contribution in [0.4, 0.5) is 4.39 Å². The van der Waals surface area contributed by atoms with Crippen molar-refractivity contribution in [1.29, 1.82) is 0 Å². The molecule has 2 nitrogen and oxygen atoms in total. The summed E-state index contributed by atoms with van der Waals surface area (Å²) in [6.45, 7) is 1.52. The van der Waals surface area contributed by atoms with Crippen molar-refractivity contribution in [1.82, 2.24) is 0 Å². The monoisotopic (exact) mass is 278 g/mol. The average Bonchev–Trinajstić information content (AvgIpc) is 2.37. The highest BCUT2D eigenvalue weighted by atomic mass is 35.5. The Kier molecular flexibility index (Phi) is 3.86. The van der Waals surface area contributed by atoms with Gasteiger partial charge < -0.3 is 5.11 Å². The van der Waals surface area contributed by atoms with Crippen LogP contribution in [0, 0.1) is 5.82 Å². The van der Waals surface area contributed by atoms with Crippen LogP contribution in [0.5, 0.6) is 0 Å². The van der Waals surface area contributed by atoms with Gasteiger partial charge in [0.2, 0.25) is 0 Å². The van der Waals surface area contributed by atoms with Crippen LogP contribution in [-0.4, -0.2) is 11.1 Å². The molecule has 1 unspecified atom stereocenters. The standard InChI is InChI=1S/C15H12ClFO2/c1-9(15(18)19)10-5-6-13(14(17)8-10)11-3-2-4-12(16)7-11/h2-9H,1H3,(H,18,19). The maximum absolute atomic E-state index is 14.1. The molecule has 0 aliphatic carbocycles. The Morgan fingerprint density at radius 2 is 2.00 bits per heavy atom. The van der Waals surface area contributed by atoms with E-state index in [1.165, 1.54) is 13.0 Å². The third-order valence-corrected chi connectivity index (χ3v) is 3.23. The van der Waals surface area contributed by atoms with Gasteiger partial charge in [-0.2, -0.15) is 0 Å². The molecule has 2 aromatic carbocycles. The van der Waals surface area contributed by atoms with Gasteiger partial charge in [-0.1, -0.05) is 35.9 Å². The molecule has 0 heterocycles. The van der Waals surface area contributed by atoms with E-state index in [4.69, 9.17) is 16.7 Å². The van der Waals surface area contributed by atoms with E-state index < -0.39 is 17.7 Å². The number of benzene rings is 2. The SMILES string of the molecule is CC(C(=O)O)c1ccc(-c2cccc(Cl)c2)c(F)c1. The Morgan fingerprint density at radius 1 is 1.26 bits per heavy atom. The second-order valence-corrected chi connectivity index (χ2v) is 4.75. The Morgan fingerprint density at radius 3 is 2.58 bits per heavy atom. The minimum atomic E-state index is -0.977. The number of hydrogen-bond donors (Lipinski definition) is 1. The quantitative estimate of drug-likeness (QED) is 0.907. The van der Waals surface area contributed by atoms with Crippen molar-refractivity contribution in [3.8, 4) is 11.1 Å². The second-order valence-electron chi connectivity index (χ2n) is 4.31. The largest absolute Gasteiger partial charge is 0.481 e. The summed E-state index contributed by atoms with van der Waals surface area (Å²) in [6, 6.07) is 11.3. The number of hydrogen-bond acceptors (Lipinski definition) is 1. The lowest BCUT2D eigenvalue weighted by molar-refractivity contribution is -0.138. The molecule has 0 fully saturated rings. The van der Waals surface area contributed by atoms with Crippen molar-refractivity contribution >= 4 is 17.6 Å². The Labute approximate surface area is 115 Å². The fourth-order valence-electron chi connectivity index (χ4n) is 1.83. The van der Waals surface area contributed by atoms with Crippen molar-refractivity contribution < 1.29 is 14.3 Å². The minimum absolute atomic E-state index is 0.406. The van der Waals surface area contributed by atoms with Crippen LogP contribution >= 0.6 is 11.6 Å². The predicted molar refractivity (Wildman–Crippen MR) is 72.9 cm³/mol. The molecular formula is C15H12ClFO2. The van der Waals surface area contributed by atoms with E-state index >= 15 is 0 Å². The lowest BCUT2D eigenvalue weighted by Crippen LogP contribution is -2.07. The first kappa shape index (κ1) is 13.6. The fourth-order valence-corrected chi connectivity index (χ4v) is 2.02. The van der Waals surface area contributed by atoms with E-state index in [9.17, 15) is 9.18 Å². The summed E-state index contributed by atoms with van der Waals surface area (Å²) in [5, 5.41) is 9.44. The van der Waals surface area contributed by atoms with Gasteiger partial charge >= 0.3 is 5.97 Å². The Balaban J connectivity index is 2.42. The van der Waals surface area contributed by atoms with Crippen LogP contribution in [0.25, 0.3) is 11.1 Å². The van der Waals surface area contributed by atoms with E-state index in [-0.39, 0.29) is 0 Å². The van der Waals surface area contributed by atoms with E-state index in [0.29, 0.717) is 21.7 Å². The topological polar surface area (TPSA) is 37.3 Å². The molecule has 1 N–H and O–H groups in total. The van der Waals surface area contributed by atoms with E-state index in [2.05, 4.69) is 0 Å². The number of carboxylic acids is 1. The highest BCUT2D eigenvalue weighted by Crippen LogP contribution is 2.28. The number of halogens is 2. The average molecular weight is 279 g/mol. The van der Waals surface area contributed by atoms with Crippen LogP contribution in [0.3, 0.4) is 0 Å². The summed E-state index contributed by atoms with van der Waals surface area (Å²) >= 11 is 5.87. The molecule has 0 aliphatic rings. The molecule has 2 aromatic rings. The first-order chi connectivity index (χ1) is 8.99. The summed E-state index contributed by atoms with van der Waals surface area (Å²) in [4.78, 5) is 10.9. The van der Waals surface area contributed by atoms with Crippen LogP contribution in [0.15, 0.2) is 42.5 Å². The second kappa shape index (κ2) is 5.41. The van der Waals surface area contributed by atoms with E-state index in [1.807, 2.05) is 0 Å². The van der Waals surface area contributed by atoms with Crippen LogP contribution in [-0.2, 0) is 4.79 Å². The smallest absolute Gasteiger partial charge is 0.310 e. The van der Waals surface area contributed by atoms with Gasteiger partial charge in [-0.25, -0.2) is 4.39 Å². The fraction of sp³-hybridized carbons (Fsp3) is 0.133. The van der Waals surface area contributed by atoms with E-state index in [0.717, 1.165) is 0 Å². The van der Waals surface area contributed by atoms with Gasteiger partial charge in [-0.15, -0.1) is 0 Å². The van der Waals surface area contributed by atoms with Gasteiger partial charge in [-0.05, 0) is 36.2 Å². The Bertz CT molecular complexity index is 625. The van der Waals surface area contributed by atoms with Crippen LogP contribution in [0.1, 0.15) is 18.4 Å².